The van der Waals surface area contributed by atoms with Crippen molar-refractivity contribution in [1.29, 1.82) is 0 Å². The van der Waals surface area contributed by atoms with Gasteiger partial charge in [0.15, 0.2) is 0 Å². The topological polar surface area (TPSA) is 64.1 Å². The number of hydrogen-bond donors (Lipinski definition) is 1. The number of hydrogen-bond acceptors (Lipinski definition) is 5. The quantitative estimate of drug-likeness (QED) is 0.656. The van der Waals surface area contributed by atoms with E-state index in [0.29, 0.717) is 24.6 Å². The smallest absolute Gasteiger partial charge is 0.226 e. The second kappa shape index (κ2) is 10.4. The Morgan fingerprint density at radius 2 is 1.96 bits per heavy atom. The van der Waals surface area contributed by atoms with Gasteiger partial charge in [-0.05, 0) is 36.5 Å². The zero-order valence-electron chi connectivity index (χ0n) is 16.1. The molecule has 3 rings (SSSR count). The Labute approximate surface area is 165 Å². The van der Waals surface area contributed by atoms with E-state index in [-0.39, 0.29) is 5.91 Å². The predicted molar refractivity (Wildman–Crippen MR) is 109 cm³/mol. The lowest BCUT2D eigenvalue weighted by molar-refractivity contribution is -0.116. The van der Waals surface area contributed by atoms with Crippen LogP contribution in [0.25, 0.3) is 0 Å². The van der Waals surface area contributed by atoms with E-state index >= 15 is 0 Å². The lowest BCUT2D eigenvalue weighted by Crippen LogP contribution is -2.14. The largest absolute Gasteiger partial charge is 0.493 e. The van der Waals surface area contributed by atoms with Gasteiger partial charge in [0.1, 0.15) is 10.8 Å². The maximum atomic E-state index is 12.1. The molecule has 0 bridgehead atoms. The third kappa shape index (κ3) is 6.61. The van der Waals surface area contributed by atoms with Crippen molar-refractivity contribution >= 4 is 22.4 Å². The van der Waals surface area contributed by atoms with Gasteiger partial charge in [-0.25, -0.2) is 0 Å². The molecule has 1 N–H and O–H groups in total. The fraction of sp³-hybridized carbons (Fsp3) is 0.571. The molecule has 1 heterocycles. The average molecular weight is 388 g/mol. The van der Waals surface area contributed by atoms with Crippen LogP contribution < -0.4 is 10.1 Å². The molecule has 0 aliphatic heterocycles. The summed E-state index contributed by atoms with van der Waals surface area (Å²) in [5.41, 5.74) is 1.30. The maximum Gasteiger partial charge on any atom is 0.226 e. The number of aryl methyl sites for hydroxylation is 1. The molecule has 1 saturated carbocycles. The molecule has 0 saturated heterocycles. The van der Waals surface area contributed by atoms with Crippen molar-refractivity contribution in [2.45, 2.75) is 64.7 Å². The molecule has 2 aromatic rings. The Morgan fingerprint density at radius 1 is 1.19 bits per heavy atom. The number of ether oxygens (including phenoxy) is 1. The van der Waals surface area contributed by atoms with Crippen LogP contribution in [-0.4, -0.2) is 22.7 Å². The Bertz CT molecular complexity index is 708. The third-order valence-electron chi connectivity index (χ3n) is 5.13. The molecular formula is C21H29N3O2S. The Kier molecular flexibility index (Phi) is 7.63. The highest BCUT2D eigenvalue weighted by Crippen LogP contribution is 2.27. The van der Waals surface area contributed by atoms with Crippen LogP contribution >= 0.6 is 11.3 Å². The monoisotopic (exact) mass is 387 g/mol. The molecule has 0 radical (unpaired) electrons. The fourth-order valence-electron chi connectivity index (χ4n) is 3.48. The van der Waals surface area contributed by atoms with Gasteiger partial charge in [0, 0.05) is 12.8 Å². The van der Waals surface area contributed by atoms with Crippen LogP contribution in [0.2, 0.25) is 0 Å². The predicted octanol–water partition coefficient (Wildman–Crippen LogP) is 5.02. The molecule has 6 heteroatoms. The van der Waals surface area contributed by atoms with E-state index in [0.717, 1.165) is 29.5 Å². The molecule has 1 aliphatic carbocycles. The van der Waals surface area contributed by atoms with E-state index in [4.69, 9.17) is 4.74 Å². The summed E-state index contributed by atoms with van der Waals surface area (Å²) < 4.78 is 5.76. The summed E-state index contributed by atoms with van der Waals surface area (Å²) in [4.78, 5) is 12.1. The van der Waals surface area contributed by atoms with E-state index in [2.05, 4.69) is 34.6 Å². The van der Waals surface area contributed by atoms with Crippen LogP contribution in [0.15, 0.2) is 24.3 Å². The lowest BCUT2D eigenvalue weighted by Gasteiger charge is -2.20. The Hall–Kier alpha value is -1.95. The third-order valence-corrected chi connectivity index (χ3v) is 6.03. The first-order valence-corrected chi connectivity index (χ1v) is 10.9. The SMILES string of the molecule is CCc1ccc(OCCc2nnc(NC(=O)CCC3CCCCC3)s2)cc1. The normalized spacial score (nSPS) is 14.9. The van der Waals surface area contributed by atoms with E-state index in [1.807, 2.05) is 12.1 Å². The van der Waals surface area contributed by atoms with Gasteiger partial charge < -0.3 is 10.1 Å². The first-order valence-electron chi connectivity index (χ1n) is 10.1. The van der Waals surface area contributed by atoms with Gasteiger partial charge in [-0.15, -0.1) is 10.2 Å². The standard InChI is InChI=1S/C21H29N3O2S/c1-2-16-8-11-18(12-9-16)26-15-14-20-23-24-21(27-20)22-19(25)13-10-17-6-4-3-5-7-17/h8-9,11-12,17H,2-7,10,13-15H2,1H3,(H,22,24,25). The van der Waals surface area contributed by atoms with Gasteiger partial charge in [-0.3, -0.25) is 4.79 Å². The summed E-state index contributed by atoms with van der Waals surface area (Å²) in [5, 5.41) is 12.6. The van der Waals surface area contributed by atoms with Crippen molar-refractivity contribution in [3.63, 3.8) is 0 Å². The van der Waals surface area contributed by atoms with Crippen molar-refractivity contribution in [3.8, 4) is 5.75 Å². The van der Waals surface area contributed by atoms with Crippen molar-refractivity contribution in [2.24, 2.45) is 5.92 Å². The number of carbonyl (C=O) groups is 1. The van der Waals surface area contributed by atoms with E-state index in [1.54, 1.807) is 0 Å². The minimum absolute atomic E-state index is 0.0514. The zero-order chi connectivity index (χ0) is 18.9. The van der Waals surface area contributed by atoms with Gasteiger partial charge in [0.25, 0.3) is 0 Å². The molecule has 1 aromatic heterocycles. The molecule has 5 nitrogen and oxygen atoms in total. The van der Waals surface area contributed by atoms with Gasteiger partial charge >= 0.3 is 0 Å². The molecule has 1 aromatic carbocycles. The summed E-state index contributed by atoms with van der Waals surface area (Å²) in [5.74, 6) is 1.64. The number of nitrogens with zero attached hydrogens (tertiary/aromatic N) is 2. The number of carbonyl (C=O) groups excluding carboxylic acids is 1. The molecule has 146 valence electrons. The van der Waals surface area contributed by atoms with Crippen molar-refractivity contribution in [2.75, 3.05) is 11.9 Å². The van der Waals surface area contributed by atoms with Crippen LogP contribution in [0.4, 0.5) is 5.13 Å². The second-order valence-corrected chi connectivity index (χ2v) is 8.25. The van der Waals surface area contributed by atoms with E-state index in [1.165, 1.54) is 49.0 Å². The first-order chi connectivity index (χ1) is 13.2. The highest BCUT2D eigenvalue weighted by atomic mass is 32.1. The maximum absolute atomic E-state index is 12.1. The number of anilines is 1. The Morgan fingerprint density at radius 3 is 2.70 bits per heavy atom. The molecule has 1 aliphatic rings. The number of amides is 1. The lowest BCUT2D eigenvalue weighted by atomic mass is 9.86. The number of nitrogens with one attached hydrogen (secondary N) is 1. The van der Waals surface area contributed by atoms with Crippen LogP contribution in [0.3, 0.4) is 0 Å². The van der Waals surface area contributed by atoms with E-state index < -0.39 is 0 Å². The second-order valence-electron chi connectivity index (χ2n) is 7.19. The molecular weight excluding hydrogens is 358 g/mol. The summed E-state index contributed by atoms with van der Waals surface area (Å²) in [7, 11) is 0. The van der Waals surface area contributed by atoms with Crippen molar-refractivity contribution in [1.82, 2.24) is 10.2 Å². The van der Waals surface area contributed by atoms with Crippen molar-refractivity contribution < 1.29 is 9.53 Å². The first kappa shape index (κ1) is 19.8. The number of aromatic nitrogens is 2. The van der Waals surface area contributed by atoms with Crippen LogP contribution in [0.5, 0.6) is 5.75 Å². The van der Waals surface area contributed by atoms with E-state index in [9.17, 15) is 4.79 Å². The highest BCUT2D eigenvalue weighted by Gasteiger charge is 2.15. The molecule has 27 heavy (non-hydrogen) atoms. The fourth-order valence-corrected chi connectivity index (χ4v) is 4.21. The van der Waals surface area contributed by atoms with Crippen molar-refractivity contribution in [3.05, 3.63) is 34.8 Å². The van der Waals surface area contributed by atoms with Gasteiger partial charge in [0.05, 0.1) is 6.61 Å². The molecule has 0 atom stereocenters. The van der Waals surface area contributed by atoms with Gasteiger partial charge in [0.2, 0.25) is 11.0 Å². The summed E-state index contributed by atoms with van der Waals surface area (Å²) in [6.07, 6.45) is 9.82. The average Bonchev–Trinajstić information content (AvgIpc) is 3.15. The minimum atomic E-state index is 0.0514. The minimum Gasteiger partial charge on any atom is -0.493 e. The molecule has 0 unspecified atom stereocenters. The summed E-state index contributed by atoms with van der Waals surface area (Å²) in [6.45, 7) is 2.69. The summed E-state index contributed by atoms with van der Waals surface area (Å²) in [6, 6.07) is 8.16. The molecule has 1 fully saturated rings. The number of rotatable bonds is 9. The van der Waals surface area contributed by atoms with Crippen LogP contribution in [-0.2, 0) is 17.6 Å². The van der Waals surface area contributed by atoms with Gasteiger partial charge in [-0.1, -0.05) is 62.5 Å². The molecule has 0 spiro atoms. The Balaban J connectivity index is 1.36. The summed E-state index contributed by atoms with van der Waals surface area (Å²) >= 11 is 1.43. The number of benzene rings is 1. The highest BCUT2D eigenvalue weighted by molar-refractivity contribution is 7.15. The van der Waals surface area contributed by atoms with Crippen LogP contribution in [0, 0.1) is 5.92 Å². The van der Waals surface area contributed by atoms with Crippen LogP contribution in [0.1, 0.15) is 62.4 Å². The van der Waals surface area contributed by atoms with Gasteiger partial charge in [-0.2, -0.15) is 0 Å². The zero-order valence-corrected chi connectivity index (χ0v) is 16.9. The molecule has 1 amide bonds.